The summed E-state index contributed by atoms with van der Waals surface area (Å²) in [6.07, 6.45) is 0. The number of nitrogens with zero attached hydrogens (tertiary/aromatic N) is 4. The van der Waals surface area contributed by atoms with E-state index in [9.17, 15) is 0 Å². The van der Waals surface area contributed by atoms with Crippen molar-refractivity contribution in [2.24, 2.45) is 0 Å². The summed E-state index contributed by atoms with van der Waals surface area (Å²) in [5.74, 6) is 0. The molecule has 1 aromatic carbocycles. The molecular formula is C8H5N5S. The lowest BCUT2D eigenvalue weighted by molar-refractivity contribution is 0.961. The second-order valence-corrected chi connectivity index (χ2v) is 3.22. The third-order valence-corrected chi connectivity index (χ3v) is 2.05. The molecule has 1 N–H and O–H groups in total. The average Bonchev–Trinajstić information content (AvgIpc) is 2.71. The van der Waals surface area contributed by atoms with Gasteiger partial charge in [-0.05, 0) is 23.4 Å². The molecule has 1 aromatic heterocycles. The van der Waals surface area contributed by atoms with Crippen molar-refractivity contribution in [3.63, 3.8) is 0 Å². The van der Waals surface area contributed by atoms with Gasteiger partial charge < -0.3 is 5.32 Å². The highest BCUT2D eigenvalue weighted by Crippen LogP contribution is 2.16. The molecule has 0 atom stereocenters. The van der Waals surface area contributed by atoms with Crippen LogP contribution < -0.4 is 5.32 Å². The number of anilines is 2. The van der Waals surface area contributed by atoms with Crippen molar-refractivity contribution in [3.05, 3.63) is 29.8 Å². The van der Waals surface area contributed by atoms with Gasteiger partial charge in [0.1, 0.15) is 0 Å². The molecule has 14 heavy (non-hydrogen) atoms. The molecule has 0 aliphatic heterocycles. The number of aromatic nitrogens is 3. The monoisotopic (exact) mass is 203 g/mol. The zero-order chi connectivity index (χ0) is 9.80. The Kier molecular flexibility index (Phi) is 2.34. The van der Waals surface area contributed by atoms with Gasteiger partial charge in [0.2, 0.25) is 5.13 Å². The highest BCUT2D eigenvalue weighted by molar-refractivity contribution is 7.09. The Bertz CT molecular complexity index is 459. The maximum absolute atomic E-state index is 8.67. The van der Waals surface area contributed by atoms with Crippen LogP contribution in [0.25, 0.3) is 0 Å². The smallest absolute Gasteiger partial charge is 0.229 e. The molecule has 5 nitrogen and oxygen atoms in total. The minimum Gasteiger partial charge on any atom is -0.329 e. The van der Waals surface area contributed by atoms with Gasteiger partial charge >= 0.3 is 0 Å². The maximum Gasteiger partial charge on any atom is 0.229 e. The SMILES string of the molecule is N#Cc1cccc(Nc2nnns2)c1. The van der Waals surface area contributed by atoms with E-state index in [1.807, 2.05) is 6.07 Å². The lowest BCUT2D eigenvalue weighted by Crippen LogP contribution is -1.89. The molecule has 0 aliphatic rings. The van der Waals surface area contributed by atoms with Crippen LogP contribution in [-0.4, -0.2) is 14.8 Å². The normalized spacial score (nSPS) is 9.36. The molecule has 0 bridgehead atoms. The summed E-state index contributed by atoms with van der Waals surface area (Å²) in [4.78, 5) is 0. The first-order valence-corrected chi connectivity index (χ1v) is 4.58. The molecule has 0 saturated carbocycles. The number of nitrogens with one attached hydrogen (secondary N) is 1. The van der Waals surface area contributed by atoms with Crippen LogP contribution in [0, 0.1) is 11.3 Å². The van der Waals surface area contributed by atoms with Crippen molar-refractivity contribution < 1.29 is 0 Å². The quantitative estimate of drug-likeness (QED) is 0.801. The minimum atomic E-state index is 0.604. The van der Waals surface area contributed by atoms with Gasteiger partial charge in [-0.2, -0.15) is 5.26 Å². The van der Waals surface area contributed by atoms with Crippen LogP contribution in [0.5, 0.6) is 0 Å². The van der Waals surface area contributed by atoms with Crippen molar-refractivity contribution in [1.82, 2.24) is 14.8 Å². The number of rotatable bonds is 2. The summed E-state index contributed by atoms with van der Waals surface area (Å²) in [5.41, 5.74) is 1.41. The van der Waals surface area contributed by atoms with Gasteiger partial charge in [0.15, 0.2) is 0 Å². The van der Waals surface area contributed by atoms with E-state index in [1.165, 1.54) is 0 Å². The topological polar surface area (TPSA) is 74.5 Å². The summed E-state index contributed by atoms with van der Waals surface area (Å²) >= 11 is 1.16. The Morgan fingerprint density at radius 1 is 1.43 bits per heavy atom. The zero-order valence-corrected chi connectivity index (χ0v) is 7.82. The maximum atomic E-state index is 8.67. The van der Waals surface area contributed by atoms with E-state index >= 15 is 0 Å². The lowest BCUT2D eigenvalue weighted by atomic mass is 10.2. The second kappa shape index (κ2) is 3.81. The van der Waals surface area contributed by atoms with Crippen molar-refractivity contribution in [2.75, 3.05) is 5.32 Å². The molecule has 1 heterocycles. The van der Waals surface area contributed by atoms with Crippen LogP contribution >= 0.6 is 11.5 Å². The first kappa shape index (κ1) is 8.59. The predicted octanol–water partition coefficient (Wildman–Crippen LogP) is 1.55. The Morgan fingerprint density at radius 3 is 3.07 bits per heavy atom. The lowest BCUT2D eigenvalue weighted by Gasteiger charge is -2.00. The second-order valence-electron chi connectivity index (χ2n) is 2.49. The van der Waals surface area contributed by atoms with E-state index in [4.69, 9.17) is 5.26 Å². The van der Waals surface area contributed by atoms with Crippen LogP contribution in [-0.2, 0) is 0 Å². The van der Waals surface area contributed by atoms with E-state index < -0.39 is 0 Å². The van der Waals surface area contributed by atoms with E-state index in [-0.39, 0.29) is 0 Å². The van der Waals surface area contributed by atoms with Gasteiger partial charge in [0.05, 0.1) is 11.6 Å². The summed E-state index contributed by atoms with van der Waals surface area (Å²) in [6, 6.07) is 9.19. The van der Waals surface area contributed by atoms with Crippen LogP contribution in [0.15, 0.2) is 24.3 Å². The molecule has 0 unspecified atom stereocenters. The standard InChI is InChI=1S/C8H5N5S/c9-5-6-2-1-3-7(4-6)10-8-11-12-13-14-8/h1-4H,(H,10,11,13). The third-order valence-electron chi connectivity index (χ3n) is 1.54. The van der Waals surface area contributed by atoms with E-state index in [0.717, 1.165) is 17.2 Å². The number of hydrogen-bond donors (Lipinski definition) is 1. The van der Waals surface area contributed by atoms with Crippen molar-refractivity contribution in [2.45, 2.75) is 0 Å². The Morgan fingerprint density at radius 2 is 2.36 bits per heavy atom. The molecule has 0 spiro atoms. The number of benzene rings is 1. The first-order valence-electron chi connectivity index (χ1n) is 3.81. The van der Waals surface area contributed by atoms with E-state index in [1.54, 1.807) is 18.2 Å². The fourth-order valence-electron chi connectivity index (χ4n) is 0.972. The molecule has 0 amide bonds. The molecule has 0 fully saturated rings. The first-order chi connectivity index (χ1) is 6.88. The van der Waals surface area contributed by atoms with Gasteiger partial charge in [-0.3, -0.25) is 0 Å². The molecule has 0 aliphatic carbocycles. The molecular weight excluding hydrogens is 198 g/mol. The molecule has 0 radical (unpaired) electrons. The third kappa shape index (κ3) is 1.84. The molecule has 2 aromatic rings. The van der Waals surface area contributed by atoms with Gasteiger partial charge in [-0.25, -0.2) is 0 Å². The molecule has 2 rings (SSSR count). The average molecular weight is 203 g/mol. The van der Waals surface area contributed by atoms with Crippen LogP contribution in [0.2, 0.25) is 0 Å². The van der Waals surface area contributed by atoms with Gasteiger partial charge in [-0.1, -0.05) is 15.7 Å². The summed E-state index contributed by atoms with van der Waals surface area (Å²) in [6.45, 7) is 0. The zero-order valence-electron chi connectivity index (χ0n) is 7.01. The van der Waals surface area contributed by atoms with Crippen LogP contribution in [0.4, 0.5) is 10.8 Å². The highest BCUT2D eigenvalue weighted by atomic mass is 32.1. The predicted molar refractivity (Wildman–Crippen MR) is 52.1 cm³/mol. The van der Waals surface area contributed by atoms with Crippen molar-refractivity contribution in [1.29, 1.82) is 5.26 Å². The Balaban J connectivity index is 2.22. The molecule has 0 saturated heterocycles. The van der Waals surface area contributed by atoms with Crippen LogP contribution in [0.1, 0.15) is 5.56 Å². The van der Waals surface area contributed by atoms with Gasteiger partial charge in [0.25, 0.3) is 0 Å². The van der Waals surface area contributed by atoms with E-state index in [0.29, 0.717) is 10.7 Å². The summed E-state index contributed by atoms with van der Waals surface area (Å²) in [5, 5.41) is 19.5. The van der Waals surface area contributed by atoms with E-state index in [2.05, 4.69) is 26.2 Å². The largest absolute Gasteiger partial charge is 0.329 e. The molecule has 68 valence electrons. The highest BCUT2D eigenvalue weighted by Gasteiger charge is 1.99. The fraction of sp³-hybridized carbons (Fsp3) is 0. The Labute approximate surface area is 84.2 Å². The number of nitriles is 1. The van der Waals surface area contributed by atoms with Crippen molar-refractivity contribution >= 4 is 22.4 Å². The van der Waals surface area contributed by atoms with Crippen molar-refractivity contribution in [3.8, 4) is 6.07 Å². The van der Waals surface area contributed by atoms with Crippen LogP contribution in [0.3, 0.4) is 0 Å². The Hall–Kier alpha value is -2.00. The summed E-state index contributed by atoms with van der Waals surface area (Å²) < 4.78 is 3.61. The van der Waals surface area contributed by atoms with Gasteiger partial charge in [0, 0.05) is 17.2 Å². The molecule has 6 heteroatoms. The number of hydrogen-bond acceptors (Lipinski definition) is 6. The fourth-order valence-corrected chi connectivity index (χ4v) is 1.36. The summed E-state index contributed by atoms with van der Waals surface area (Å²) in [7, 11) is 0. The van der Waals surface area contributed by atoms with Gasteiger partial charge in [-0.15, -0.1) is 0 Å². The minimum absolute atomic E-state index is 0.604.